The first-order valence-corrected chi connectivity index (χ1v) is 6.73. The van der Waals surface area contributed by atoms with Crippen molar-refractivity contribution in [3.63, 3.8) is 0 Å². The third-order valence-corrected chi connectivity index (χ3v) is 3.69. The van der Waals surface area contributed by atoms with Crippen molar-refractivity contribution in [3.05, 3.63) is 36.3 Å². The molecule has 0 spiro atoms. The number of hydrogen-bond acceptors (Lipinski definition) is 2. The van der Waals surface area contributed by atoms with Crippen LogP contribution in [0.25, 0.3) is 0 Å². The van der Waals surface area contributed by atoms with Gasteiger partial charge in [-0.15, -0.1) is 0 Å². The van der Waals surface area contributed by atoms with Crippen molar-refractivity contribution >= 4 is 0 Å². The molecular formula is C16H26O2. The Labute approximate surface area is 111 Å². The van der Waals surface area contributed by atoms with Gasteiger partial charge in [-0.2, -0.15) is 0 Å². The average molecular weight is 250 g/mol. The smallest absolute Gasteiger partial charge is 0.0929 e. The fourth-order valence-corrected chi connectivity index (χ4v) is 2.58. The van der Waals surface area contributed by atoms with Crippen LogP contribution in [0.1, 0.15) is 40.5 Å². The number of hydrogen-bond donors (Lipinski definition) is 1. The van der Waals surface area contributed by atoms with Crippen LogP contribution in [0.4, 0.5) is 0 Å². The molecule has 1 aliphatic carbocycles. The summed E-state index contributed by atoms with van der Waals surface area (Å²) in [4.78, 5) is 0. The standard InChI is InChI=1S/C16H26O2/c1-10(2)18-14(6)15-8-7-11(3)9-16(15)12(4)13(5)17/h9-10,12,15-17H,5-8H2,1-4H3/t12?,15-,16-/m0/s1. The van der Waals surface area contributed by atoms with Gasteiger partial charge in [0.05, 0.1) is 17.6 Å². The molecule has 1 unspecified atom stereocenters. The molecule has 0 aromatic carbocycles. The fourth-order valence-electron chi connectivity index (χ4n) is 2.58. The molecule has 1 aliphatic rings. The number of aliphatic hydroxyl groups excluding tert-OH is 1. The van der Waals surface area contributed by atoms with Gasteiger partial charge in [-0.25, -0.2) is 0 Å². The zero-order valence-electron chi connectivity index (χ0n) is 12.1. The molecule has 0 radical (unpaired) electrons. The van der Waals surface area contributed by atoms with E-state index >= 15 is 0 Å². The van der Waals surface area contributed by atoms with Crippen LogP contribution in [-0.2, 0) is 4.74 Å². The van der Waals surface area contributed by atoms with Crippen LogP contribution in [0.5, 0.6) is 0 Å². The summed E-state index contributed by atoms with van der Waals surface area (Å²) in [6.45, 7) is 15.9. The molecule has 2 heteroatoms. The van der Waals surface area contributed by atoms with E-state index in [0.29, 0.717) is 0 Å². The maximum absolute atomic E-state index is 9.65. The van der Waals surface area contributed by atoms with Crippen LogP contribution in [0, 0.1) is 17.8 Å². The number of rotatable bonds is 5. The molecule has 0 heterocycles. The van der Waals surface area contributed by atoms with Gasteiger partial charge in [-0.1, -0.05) is 31.7 Å². The van der Waals surface area contributed by atoms with Crippen LogP contribution in [0.3, 0.4) is 0 Å². The van der Waals surface area contributed by atoms with Crippen LogP contribution < -0.4 is 0 Å². The molecule has 0 fully saturated rings. The van der Waals surface area contributed by atoms with Gasteiger partial charge >= 0.3 is 0 Å². The SMILES string of the molecule is C=C(O)C(C)[C@@H]1C=C(C)CC[C@H]1C(=C)OC(C)C. The third-order valence-electron chi connectivity index (χ3n) is 3.69. The number of ether oxygens (including phenoxy) is 1. The van der Waals surface area contributed by atoms with Crippen molar-refractivity contribution in [2.45, 2.75) is 46.6 Å². The van der Waals surface area contributed by atoms with Crippen molar-refractivity contribution in [2.75, 3.05) is 0 Å². The van der Waals surface area contributed by atoms with Gasteiger partial charge in [-0.05, 0) is 39.5 Å². The van der Waals surface area contributed by atoms with Crippen molar-refractivity contribution in [1.82, 2.24) is 0 Å². The Morgan fingerprint density at radius 3 is 2.50 bits per heavy atom. The first-order chi connectivity index (χ1) is 8.32. The first-order valence-electron chi connectivity index (χ1n) is 6.73. The van der Waals surface area contributed by atoms with Crippen LogP contribution in [0.2, 0.25) is 0 Å². The Morgan fingerprint density at radius 2 is 2.00 bits per heavy atom. The summed E-state index contributed by atoms with van der Waals surface area (Å²) in [5, 5.41) is 9.65. The molecule has 0 saturated carbocycles. The highest BCUT2D eigenvalue weighted by Crippen LogP contribution is 2.39. The van der Waals surface area contributed by atoms with Crippen LogP contribution in [-0.4, -0.2) is 11.2 Å². The monoisotopic (exact) mass is 250 g/mol. The molecule has 102 valence electrons. The Hall–Kier alpha value is -1.18. The van der Waals surface area contributed by atoms with E-state index in [-0.39, 0.29) is 29.6 Å². The maximum atomic E-state index is 9.65. The van der Waals surface area contributed by atoms with Crippen molar-refractivity contribution in [3.8, 4) is 0 Å². The van der Waals surface area contributed by atoms with E-state index in [1.54, 1.807) is 0 Å². The Bertz CT molecular complexity index is 352. The topological polar surface area (TPSA) is 29.5 Å². The van der Waals surface area contributed by atoms with E-state index in [1.165, 1.54) is 5.57 Å². The predicted molar refractivity (Wildman–Crippen MR) is 76.3 cm³/mol. The largest absolute Gasteiger partial charge is 0.513 e. The van der Waals surface area contributed by atoms with Crippen molar-refractivity contribution in [1.29, 1.82) is 0 Å². The lowest BCUT2D eigenvalue weighted by Crippen LogP contribution is -2.27. The third kappa shape index (κ3) is 3.66. The second-order valence-electron chi connectivity index (χ2n) is 5.65. The minimum absolute atomic E-state index is 0.0396. The zero-order chi connectivity index (χ0) is 13.9. The van der Waals surface area contributed by atoms with E-state index in [2.05, 4.69) is 26.2 Å². The minimum atomic E-state index is 0.0396. The highest BCUT2D eigenvalue weighted by atomic mass is 16.5. The average Bonchev–Trinajstić information content (AvgIpc) is 2.26. The summed E-state index contributed by atoms with van der Waals surface area (Å²) in [5.41, 5.74) is 1.38. The molecule has 0 aliphatic heterocycles. The molecule has 0 saturated heterocycles. The van der Waals surface area contributed by atoms with E-state index in [9.17, 15) is 5.11 Å². The van der Waals surface area contributed by atoms with Gasteiger partial charge in [0.1, 0.15) is 0 Å². The van der Waals surface area contributed by atoms with E-state index in [1.807, 2.05) is 20.8 Å². The molecule has 1 rings (SSSR count). The van der Waals surface area contributed by atoms with Crippen molar-refractivity contribution in [2.24, 2.45) is 17.8 Å². The zero-order valence-corrected chi connectivity index (χ0v) is 12.1. The predicted octanol–water partition coefficient (Wildman–Crippen LogP) is 4.61. The van der Waals surface area contributed by atoms with Crippen molar-refractivity contribution < 1.29 is 9.84 Å². The van der Waals surface area contributed by atoms with Crippen LogP contribution >= 0.6 is 0 Å². The van der Waals surface area contributed by atoms with E-state index in [0.717, 1.165) is 18.6 Å². The number of aliphatic hydroxyl groups is 1. The van der Waals surface area contributed by atoms with Gasteiger partial charge in [0.2, 0.25) is 0 Å². The molecular weight excluding hydrogens is 224 g/mol. The highest BCUT2D eigenvalue weighted by Gasteiger charge is 2.32. The lowest BCUT2D eigenvalue weighted by Gasteiger charge is -2.35. The van der Waals surface area contributed by atoms with Gasteiger partial charge < -0.3 is 9.84 Å². The summed E-state index contributed by atoms with van der Waals surface area (Å²) in [7, 11) is 0. The van der Waals surface area contributed by atoms with E-state index in [4.69, 9.17) is 4.74 Å². The molecule has 18 heavy (non-hydrogen) atoms. The second kappa shape index (κ2) is 6.12. The molecule has 0 aromatic heterocycles. The minimum Gasteiger partial charge on any atom is -0.513 e. The maximum Gasteiger partial charge on any atom is 0.0929 e. The molecule has 0 amide bonds. The Morgan fingerprint density at radius 1 is 1.39 bits per heavy atom. The lowest BCUT2D eigenvalue weighted by molar-refractivity contribution is 0.0966. The molecule has 3 atom stereocenters. The molecule has 1 N–H and O–H groups in total. The molecule has 2 nitrogen and oxygen atoms in total. The van der Waals surface area contributed by atoms with Crippen LogP contribution in [0.15, 0.2) is 36.3 Å². The van der Waals surface area contributed by atoms with Gasteiger partial charge in [-0.3, -0.25) is 0 Å². The lowest BCUT2D eigenvalue weighted by atomic mass is 9.73. The highest BCUT2D eigenvalue weighted by molar-refractivity contribution is 5.16. The van der Waals surface area contributed by atoms with E-state index < -0.39 is 0 Å². The summed E-state index contributed by atoms with van der Waals surface area (Å²) in [6, 6.07) is 0. The summed E-state index contributed by atoms with van der Waals surface area (Å²) >= 11 is 0. The van der Waals surface area contributed by atoms with Gasteiger partial charge in [0, 0.05) is 11.8 Å². The van der Waals surface area contributed by atoms with Gasteiger partial charge in [0.15, 0.2) is 0 Å². The van der Waals surface area contributed by atoms with Gasteiger partial charge in [0.25, 0.3) is 0 Å². The normalized spacial score (nSPS) is 25.5. The second-order valence-corrected chi connectivity index (χ2v) is 5.65. The Kier molecular flexibility index (Phi) is 5.06. The number of allylic oxidation sites excluding steroid dienone is 4. The summed E-state index contributed by atoms with van der Waals surface area (Å²) in [5.74, 6) is 1.63. The summed E-state index contributed by atoms with van der Waals surface area (Å²) < 4.78 is 5.75. The molecule has 0 aromatic rings. The fraction of sp³-hybridized carbons (Fsp3) is 0.625. The quantitative estimate of drug-likeness (QED) is 0.570. The first kappa shape index (κ1) is 14.9. The molecule has 0 bridgehead atoms. The summed E-state index contributed by atoms with van der Waals surface area (Å²) in [6.07, 6.45) is 4.51. The Balaban J connectivity index is 2.88.